The maximum absolute atomic E-state index is 11.4. The molecule has 0 amide bonds. The largest absolute Gasteiger partial charge is 0.458 e. The number of esters is 1. The van der Waals surface area contributed by atoms with Crippen LogP contribution in [0.4, 0.5) is 0 Å². The van der Waals surface area contributed by atoms with Gasteiger partial charge in [0.25, 0.3) is 0 Å². The number of carbonyl (C=O) groups excluding carboxylic acids is 2. The molecular formula is C11H16O3. The summed E-state index contributed by atoms with van der Waals surface area (Å²) in [4.78, 5) is 22.6. The molecule has 2 atom stereocenters. The van der Waals surface area contributed by atoms with E-state index in [0.717, 1.165) is 19.3 Å². The van der Waals surface area contributed by atoms with Crippen molar-refractivity contribution >= 4 is 11.8 Å². The van der Waals surface area contributed by atoms with E-state index in [-0.39, 0.29) is 18.2 Å². The molecular weight excluding hydrogens is 180 g/mol. The Bertz CT molecular complexity index is 254. The van der Waals surface area contributed by atoms with E-state index in [1.807, 2.05) is 0 Å². The van der Waals surface area contributed by atoms with E-state index in [1.54, 1.807) is 0 Å². The molecule has 2 unspecified atom stereocenters. The molecule has 1 saturated carbocycles. The van der Waals surface area contributed by atoms with Gasteiger partial charge < -0.3 is 4.74 Å². The van der Waals surface area contributed by atoms with E-state index < -0.39 is 5.60 Å². The van der Waals surface area contributed by atoms with E-state index >= 15 is 0 Å². The van der Waals surface area contributed by atoms with Crippen molar-refractivity contribution in [2.45, 2.75) is 51.0 Å². The molecule has 0 aromatic rings. The second-order valence-electron chi connectivity index (χ2n) is 4.75. The maximum atomic E-state index is 11.4. The lowest BCUT2D eigenvalue weighted by Crippen LogP contribution is -2.45. The molecule has 0 aromatic carbocycles. The first-order valence-electron chi connectivity index (χ1n) is 5.33. The summed E-state index contributed by atoms with van der Waals surface area (Å²) in [5.74, 6) is 0.299. The van der Waals surface area contributed by atoms with Crippen LogP contribution in [0.25, 0.3) is 0 Å². The lowest BCUT2D eigenvalue weighted by atomic mass is 9.75. The minimum atomic E-state index is -0.427. The monoisotopic (exact) mass is 196 g/mol. The Morgan fingerprint density at radius 3 is 2.86 bits per heavy atom. The fourth-order valence-electron chi connectivity index (χ4n) is 2.76. The van der Waals surface area contributed by atoms with Gasteiger partial charge in [0.1, 0.15) is 17.8 Å². The van der Waals surface area contributed by atoms with Crippen molar-refractivity contribution in [3.63, 3.8) is 0 Å². The Labute approximate surface area is 83.8 Å². The van der Waals surface area contributed by atoms with E-state index in [9.17, 15) is 9.59 Å². The summed E-state index contributed by atoms with van der Waals surface area (Å²) >= 11 is 0. The molecule has 1 spiro atoms. The molecule has 0 bridgehead atoms. The number of ether oxygens (including phenoxy) is 1. The first kappa shape index (κ1) is 9.69. The molecule has 1 aliphatic carbocycles. The molecule has 2 fully saturated rings. The van der Waals surface area contributed by atoms with Crippen molar-refractivity contribution in [3.8, 4) is 0 Å². The normalized spacial score (nSPS) is 38.5. The van der Waals surface area contributed by atoms with Crippen LogP contribution in [0.1, 0.15) is 45.4 Å². The van der Waals surface area contributed by atoms with Crippen LogP contribution >= 0.6 is 0 Å². The van der Waals surface area contributed by atoms with Crippen LogP contribution in [0, 0.1) is 5.92 Å². The standard InChI is InChI=1S/C11H16O3/c1-8-3-2-4-11(6-8)7-9(12)5-10(13)14-11/h8H,2-7H2,1H3. The Morgan fingerprint density at radius 1 is 1.43 bits per heavy atom. The van der Waals surface area contributed by atoms with Gasteiger partial charge in [-0.05, 0) is 25.2 Å². The van der Waals surface area contributed by atoms with Crippen LogP contribution < -0.4 is 0 Å². The molecule has 0 aromatic heterocycles. The molecule has 1 aliphatic heterocycles. The molecule has 78 valence electrons. The zero-order valence-electron chi connectivity index (χ0n) is 8.54. The highest BCUT2D eigenvalue weighted by Gasteiger charge is 2.43. The summed E-state index contributed by atoms with van der Waals surface area (Å²) in [5.41, 5.74) is -0.427. The lowest BCUT2D eigenvalue weighted by molar-refractivity contribution is -0.175. The Balaban J connectivity index is 2.13. The molecule has 2 aliphatic rings. The molecule has 1 heterocycles. The molecule has 3 heteroatoms. The predicted molar refractivity (Wildman–Crippen MR) is 50.7 cm³/mol. The SMILES string of the molecule is CC1CCCC2(CC(=O)CC(=O)O2)C1. The maximum Gasteiger partial charge on any atom is 0.313 e. The van der Waals surface area contributed by atoms with Crippen LogP contribution in [-0.2, 0) is 14.3 Å². The van der Waals surface area contributed by atoms with Gasteiger partial charge in [0, 0.05) is 6.42 Å². The van der Waals surface area contributed by atoms with Gasteiger partial charge in [-0.2, -0.15) is 0 Å². The number of Topliss-reactive ketones (excluding diaryl/α,β-unsaturated/α-hetero) is 1. The summed E-state index contributed by atoms with van der Waals surface area (Å²) in [5, 5.41) is 0. The highest BCUT2D eigenvalue weighted by Crippen LogP contribution is 2.40. The van der Waals surface area contributed by atoms with Crippen molar-refractivity contribution < 1.29 is 14.3 Å². The number of hydrogen-bond acceptors (Lipinski definition) is 3. The van der Waals surface area contributed by atoms with Crippen LogP contribution in [-0.4, -0.2) is 17.4 Å². The van der Waals surface area contributed by atoms with Crippen molar-refractivity contribution in [1.29, 1.82) is 0 Å². The first-order chi connectivity index (χ1) is 6.60. The fourth-order valence-corrected chi connectivity index (χ4v) is 2.76. The number of carbonyl (C=O) groups is 2. The number of rotatable bonds is 0. The van der Waals surface area contributed by atoms with Gasteiger partial charge in [-0.1, -0.05) is 13.3 Å². The average Bonchev–Trinajstić information content (AvgIpc) is 1.99. The van der Waals surface area contributed by atoms with Crippen molar-refractivity contribution in [1.82, 2.24) is 0 Å². The predicted octanol–water partition coefficient (Wildman–Crippen LogP) is 1.84. The highest BCUT2D eigenvalue weighted by atomic mass is 16.6. The Kier molecular flexibility index (Phi) is 2.33. The van der Waals surface area contributed by atoms with Gasteiger partial charge in [0.05, 0.1) is 0 Å². The highest BCUT2D eigenvalue weighted by molar-refractivity contribution is 5.98. The fraction of sp³-hybridized carbons (Fsp3) is 0.818. The third-order valence-electron chi connectivity index (χ3n) is 3.24. The topological polar surface area (TPSA) is 43.4 Å². The minimum Gasteiger partial charge on any atom is -0.458 e. The van der Waals surface area contributed by atoms with E-state index in [4.69, 9.17) is 4.74 Å². The van der Waals surface area contributed by atoms with Crippen molar-refractivity contribution in [3.05, 3.63) is 0 Å². The summed E-state index contributed by atoms with van der Waals surface area (Å²) in [6, 6.07) is 0. The second kappa shape index (κ2) is 3.37. The van der Waals surface area contributed by atoms with E-state index in [2.05, 4.69) is 6.92 Å². The Morgan fingerprint density at radius 2 is 2.21 bits per heavy atom. The summed E-state index contributed by atoms with van der Waals surface area (Å²) in [6.07, 6.45) is 4.42. The van der Waals surface area contributed by atoms with Gasteiger partial charge >= 0.3 is 5.97 Å². The number of ketones is 1. The molecule has 0 N–H and O–H groups in total. The first-order valence-corrected chi connectivity index (χ1v) is 5.33. The van der Waals surface area contributed by atoms with Crippen molar-refractivity contribution in [2.24, 2.45) is 5.92 Å². The van der Waals surface area contributed by atoms with Crippen molar-refractivity contribution in [2.75, 3.05) is 0 Å². The molecule has 2 rings (SSSR count). The third-order valence-corrected chi connectivity index (χ3v) is 3.24. The second-order valence-corrected chi connectivity index (χ2v) is 4.75. The molecule has 1 saturated heterocycles. The summed E-state index contributed by atoms with van der Waals surface area (Å²) in [6.45, 7) is 2.16. The van der Waals surface area contributed by atoms with Crippen LogP contribution in [0.5, 0.6) is 0 Å². The quantitative estimate of drug-likeness (QED) is 0.438. The number of hydrogen-bond donors (Lipinski definition) is 0. The molecule has 0 radical (unpaired) electrons. The third kappa shape index (κ3) is 1.81. The van der Waals surface area contributed by atoms with Gasteiger partial charge in [0.2, 0.25) is 0 Å². The molecule has 3 nitrogen and oxygen atoms in total. The van der Waals surface area contributed by atoms with Crippen LogP contribution in [0.3, 0.4) is 0 Å². The average molecular weight is 196 g/mol. The Hall–Kier alpha value is -0.860. The zero-order chi connectivity index (χ0) is 10.2. The molecule has 14 heavy (non-hydrogen) atoms. The van der Waals surface area contributed by atoms with E-state index in [1.165, 1.54) is 6.42 Å². The van der Waals surface area contributed by atoms with Crippen LogP contribution in [0.15, 0.2) is 0 Å². The minimum absolute atomic E-state index is 0.0177. The lowest BCUT2D eigenvalue weighted by Gasteiger charge is -2.41. The summed E-state index contributed by atoms with van der Waals surface area (Å²) < 4.78 is 5.40. The van der Waals surface area contributed by atoms with Crippen LogP contribution in [0.2, 0.25) is 0 Å². The van der Waals surface area contributed by atoms with Gasteiger partial charge in [0.15, 0.2) is 0 Å². The van der Waals surface area contributed by atoms with Gasteiger partial charge in [-0.15, -0.1) is 0 Å². The zero-order valence-corrected chi connectivity index (χ0v) is 8.54. The van der Waals surface area contributed by atoms with Gasteiger partial charge in [-0.3, -0.25) is 9.59 Å². The van der Waals surface area contributed by atoms with E-state index in [0.29, 0.717) is 12.3 Å². The smallest absolute Gasteiger partial charge is 0.313 e. The van der Waals surface area contributed by atoms with Gasteiger partial charge in [-0.25, -0.2) is 0 Å². The summed E-state index contributed by atoms with van der Waals surface area (Å²) in [7, 11) is 0.